The molecular formula is C18H15N6P. The third kappa shape index (κ3) is 2.99. The van der Waals surface area contributed by atoms with Gasteiger partial charge in [0.15, 0.2) is 0 Å². The summed E-state index contributed by atoms with van der Waals surface area (Å²) in [5.41, 5.74) is 3.86. The van der Waals surface area contributed by atoms with Crippen molar-refractivity contribution in [3.63, 3.8) is 0 Å². The summed E-state index contributed by atoms with van der Waals surface area (Å²) >= 11 is 0. The summed E-state index contributed by atoms with van der Waals surface area (Å²) in [4.78, 5) is 17.5. The second-order valence-electron chi connectivity index (χ2n) is 5.39. The Kier molecular flexibility index (Phi) is 4.19. The number of allylic oxidation sites excluding steroid dienone is 1. The van der Waals surface area contributed by atoms with Gasteiger partial charge in [-0.2, -0.15) is 0 Å². The molecule has 0 bridgehead atoms. The van der Waals surface area contributed by atoms with Crippen molar-refractivity contribution in [1.29, 1.82) is 0 Å². The Labute approximate surface area is 146 Å². The number of aliphatic imine (C=N–C) groups is 1. The fraction of sp³-hybridized carbons (Fsp3) is 0.0556. The summed E-state index contributed by atoms with van der Waals surface area (Å²) in [6, 6.07) is 6.19. The molecule has 6 nitrogen and oxygen atoms in total. The molecule has 0 amide bonds. The van der Waals surface area contributed by atoms with Crippen molar-refractivity contribution in [1.82, 2.24) is 23.8 Å². The molecule has 3 heterocycles. The van der Waals surface area contributed by atoms with Crippen molar-refractivity contribution < 1.29 is 0 Å². The van der Waals surface area contributed by atoms with Crippen LogP contribution in [0.15, 0.2) is 73.0 Å². The Morgan fingerprint density at radius 1 is 1.16 bits per heavy atom. The topological polar surface area (TPSA) is 60.9 Å². The van der Waals surface area contributed by atoms with E-state index in [2.05, 4.69) is 43.0 Å². The number of rotatable bonds is 5. The van der Waals surface area contributed by atoms with E-state index in [1.165, 1.54) is 0 Å². The van der Waals surface area contributed by atoms with E-state index in [9.17, 15) is 0 Å². The van der Waals surface area contributed by atoms with Gasteiger partial charge in [0.25, 0.3) is 0 Å². The lowest BCUT2D eigenvalue weighted by Crippen LogP contribution is -1.99. The van der Waals surface area contributed by atoms with Crippen LogP contribution in [0.25, 0.3) is 16.6 Å². The van der Waals surface area contributed by atoms with Gasteiger partial charge >= 0.3 is 0 Å². The van der Waals surface area contributed by atoms with E-state index in [1.807, 2.05) is 35.3 Å². The summed E-state index contributed by atoms with van der Waals surface area (Å²) in [6.45, 7) is 4.41. The largest absolute Gasteiger partial charge is 0.333 e. The van der Waals surface area contributed by atoms with Crippen molar-refractivity contribution >= 4 is 31.2 Å². The van der Waals surface area contributed by atoms with Gasteiger partial charge in [0.05, 0.1) is 35.7 Å². The second kappa shape index (κ2) is 6.79. The molecule has 0 unspecified atom stereocenters. The maximum atomic E-state index is 4.60. The summed E-state index contributed by atoms with van der Waals surface area (Å²) in [5.74, 6) is 1.86. The molecule has 4 rings (SSSR count). The van der Waals surface area contributed by atoms with Gasteiger partial charge in [-0.05, 0) is 11.6 Å². The summed E-state index contributed by atoms with van der Waals surface area (Å²) in [7, 11) is 1.02. The number of benzene rings is 1. The van der Waals surface area contributed by atoms with E-state index in [1.54, 1.807) is 24.8 Å². The molecule has 0 radical (unpaired) electrons. The minimum absolute atomic E-state index is 0.683. The highest BCUT2D eigenvalue weighted by Crippen LogP contribution is 2.33. The van der Waals surface area contributed by atoms with Gasteiger partial charge in [0, 0.05) is 38.5 Å². The predicted octanol–water partition coefficient (Wildman–Crippen LogP) is 4.13. The van der Waals surface area contributed by atoms with Crippen LogP contribution in [0, 0.1) is 0 Å². The smallest absolute Gasteiger partial charge is 0.103 e. The highest BCUT2D eigenvalue weighted by molar-refractivity contribution is 7.25. The van der Waals surface area contributed by atoms with E-state index < -0.39 is 0 Å². The highest BCUT2D eigenvalue weighted by Gasteiger charge is 2.12. The van der Waals surface area contributed by atoms with Crippen molar-refractivity contribution in [2.75, 3.05) is 0 Å². The van der Waals surface area contributed by atoms with E-state index in [0.717, 1.165) is 36.2 Å². The number of hydrogen-bond acceptors (Lipinski definition) is 4. The van der Waals surface area contributed by atoms with Crippen molar-refractivity contribution in [3.05, 3.63) is 73.6 Å². The molecular weight excluding hydrogens is 331 g/mol. The second-order valence-corrected chi connectivity index (χ2v) is 6.28. The Morgan fingerprint density at radius 3 is 2.88 bits per heavy atom. The fourth-order valence-electron chi connectivity index (χ4n) is 2.74. The number of pyridine rings is 1. The zero-order valence-corrected chi connectivity index (χ0v) is 14.3. The van der Waals surface area contributed by atoms with Crippen molar-refractivity contribution in [2.45, 2.75) is 6.54 Å². The van der Waals surface area contributed by atoms with Gasteiger partial charge < -0.3 is 4.57 Å². The minimum Gasteiger partial charge on any atom is -0.333 e. The molecule has 0 aliphatic rings. The first-order valence-corrected chi connectivity index (χ1v) is 8.65. The quantitative estimate of drug-likeness (QED) is 0.510. The zero-order chi connectivity index (χ0) is 17.1. The summed E-state index contributed by atoms with van der Waals surface area (Å²) in [5, 5.41) is 1.04. The number of imidazole rings is 1. The average molecular weight is 346 g/mol. The summed E-state index contributed by atoms with van der Waals surface area (Å²) in [6.07, 6.45) is 12.5. The first-order valence-electron chi connectivity index (χ1n) is 7.73. The third-order valence-corrected chi connectivity index (χ3v) is 4.64. The van der Waals surface area contributed by atoms with E-state index in [0.29, 0.717) is 6.54 Å². The normalized spacial score (nSPS) is 11.7. The van der Waals surface area contributed by atoms with Gasteiger partial charge in [0.1, 0.15) is 6.33 Å². The number of fused-ring (bicyclic) bond motifs is 1. The molecule has 0 saturated heterocycles. The molecule has 1 aromatic carbocycles. The molecule has 3 aromatic heterocycles. The molecule has 25 heavy (non-hydrogen) atoms. The van der Waals surface area contributed by atoms with Crippen LogP contribution < -0.4 is 0 Å². The minimum atomic E-state index is 0.683. The van der Waals surface area contributed by atoms with Gasteiger partial charge in [0.2, 0.25) is 0 Å². The van der Waals surface area contributed by atoms with Gasteiger partial charge in [-0.1, -0.05) is 24.8 Å². The van der Waals surface area contributed by atoms with Gasteiger partial charge in [-0.3, -0.25) is 14.3 Å². The molecule has 4 aromatic rings. The predicted molar refractivity (Wildman–Crippen MR) is 101 cm³/mol. The molecule has 0 saturated carbocycles. The Hall–Kier alpha value is -3.11. The highest BCUT2D eigenvalue weighted by atomic mass is 31.0. The lowest BCUT2D eigenvalue weighted by Gasteiger charge is -2.12. The molecule has 7 heteroatoms. The average Bonchev–Trinajstić information content (AvgIpc) is 3.34. The van der Waals surface area contributed by atoms with Crippen LogP contribution in [0.1, 0.15) is 5.56 Å². The van der Waals surface area contributed by atoms with Crippen LogP contribution in [0.5, 0.6) is 0 Å². The Morgan fingerprint density at radius 2 is 2.12 bits per heavy atom. The Balaban J connectivity index is 1.92. The fourth-order valence-corrected chi connectivity index (χ4v) is 3.39. The van der Waals surface area contributed by atoms with Crippen LogP contribution >= 0.6 is 8.35 Å². The standard InChI is InChI=1S/C18H15N6P/c1-2-6-21-17-14(10-23-9-8-19-11-23)3-4-15-16(5-7-22-18(15)17)24-12-20-13-25-24/h2-9,11-13H,1,10H2. The third-order valence-electron chi connectivity index (χ3n) is 3.83. The zero-order valence-electron chi connectivity index (χ0n) is 13.4. The lowest BCUT2D eigenvalue weighted by molar-refractivity contribution is 0.798. The van der Waals surface area contributed by atoms with Crippen molar-refractivity contribution in [2.24, 2.45) is 4.99 Å². The van der Waals surface area contributed by atoms with Crippen molar-refractivity contribution in [3.8, 4) is 5.69 Å². The maximum Gasteiger partial charge on any atom is 0.103 e. The van der Waals surface area contributed by atoms with Gasteiger partial charge in [-0.15, -0.1) is 0 Å². The Bertz CT molecular complexity index is 1040. The molecule has 0 N–H and O–H groups in total. The molecule has 0 spiro atoms. The number of hydrogen-bond donors (Lipinski definition) is 0. The van der Waals surface area contributed by atoms with E-state index >= 15 is 0 Å². The van der Waals surface area contributed by atoms with E-state index in [-0.39, 0.29) is 0 Å². The maximum absolute atomic E-state index is 4.60. The lowest BCUT2D eigenvalue weighted by atomic mass is 10.1. The molecule has 122 valence electrons. The van der Waals surface area contributed by atoms with Crippen LogP contribution in [-0.4, -0.2) is 30.1 Å². The first kappa shape index (κ1) is 15.4. The number of aromatic nitrogens is 5. The van der Waals surface area contributed by atoms with Gasteiger partial charge in [-0.25, -0.2) is 9.97 Å². The summed E-state index contributed by atoms with van der Waals surface area (Å²) < 4.78 is 4.08. The van der Waals surface area contributed by atoms with Crippen LogP contribution in [0.2, 0.25) is 0 Å². The van der Waals surface area contributed by atoms with Crippen LogP contribution in [0.4, 0.5) is 5.69 Å². The molecule has 0 aliphatic heterocycles. The first-order chi connectivity index (χ1) is 12.4. The SMILES string of the molecule is C=CC=Nc1c(Cn2ccnc2)ccc2c(-n3cncp3)ccnc12. The monoisotopic (exact) mass is 346 g/mol. The molecule has 0 aliphatic carbocycles. The van der Waals surface area contributed by atoms with Crippen LogP contribution in [-0.2, 0) is 6.54 Å². The number of nitrogens with zero attached hydrogens (tertiary/aromatic N) is 6. The molecule has 0 atom stereocenters. The van der Waals surface area contributed by atoms with E-state index in [4.69, 9.17) is 0 Å². The van der Waals surface area contributed by atoms with Crippen LogP contribution in [0.3, 0.4) is 0 Å². The molecule has 0 fully saturated rings.